The maximum Gasteiger partial charge on any atom is 0.324 e. The summed E-state index contributed by atoms with van der Waals surface area (Å²) >= 11 is 3.31. The molecule has 0 atom stereocenters. The Morgan fingerprint density at radius 2 is 2.00 bits per heavy atom. The lowest BCUT2D eigenvalue weighted by atomic mass is 10.3. The zero-order chi connectivity index (χ0) is 11.5. The second-order valence-corrected chi connectivity index (χ2v) is 3.64. The van der Waals surface area contributed by atoms with Crippen LogP contribution in [0.5, 0.6) is 0 Å². The minimum Gasteiger partial charge on any atom is -0.371 e. The molecular weight excluding hydrogens is 258 g/mol. The van der Waals surface area contributed by atoms with E-state index in [0.29, 0.717) is 6.42 Å². The molecular formula is C11H16BrNO2. The number of hydrogen-bond donors (Lipinski definition) is 1. The van der Waals surface area contributed by atoms with E-state index in [9.17, 15) is 4.79 Å². The molecule has 0 aliphatic heterocycles. The van der Waals surface area contributed by atoms with Crippen LogP contribution in [0.4, 0.5) is 0 Å². The van der Waals surface area contributed by atoms with Crippen molar-refractivity contribution in [3.63, 3.8) is 0 Å². The van der Waals surface area contributed by atoms with Gasteiger partial charge in [-0.2, -0.15) is 5.48 Å². The van der Waals surface area contributed by atoms with Gasteiger partial charge >= 0.3 is 5.97 Å². The van der Waals surface area contributed by atoms with Crippen molar-refractivity contribution in [2.24, 2.45) is 0 Å². The SMILES string of the molecule is Brc1ccccc1.CCCC(=O)ONC. The molecule has 0 radical (unpaired) electrons. The van der Waals surface area contributed by atoms with Crippen LogP contribution in [0.2, 0.25) is 0 Å². The summed E-state index contributed by atoms with van der Waals surface area (Å²) in [7, 11) is 1.56. The fourth-order valence-corrected chi connectivity index (χ4v) is 1.09. The average molecular weight is 274 g/mol. The molecule has 4 heteroatoms. The smallest absolute Gasteiger partial charge is 0.324 e. The third kappa shape index (κ3) is 9.43. The molecule has 0 unspecified atom stereocenters. The molecule has 1 N–H and O–H groups in total. The van der Waals surface area contributed by atoms with Crippen LogP contribution in [0.3, 0.4) is 0 Å². The Labute approximate surface area is 98.9 Å². The number of carbonyl (C=O) groups is 1. The van der Waals surface area contributed by atoms with Crippen molar-refractivity contribution < 1.29 is 9.63 Å². The highest BCUT2D eigenvalue weighted by atomic mass is 79.9. The van der Waals surface area contributed by atoms with E-state index in [2.05, 4.69) is 26.2 Å². The van der Waals surface area contributed by atoms with Gasteiger partial charge in [-0.1, -0.05) is 41.1 Å². The number of hydrogen-bond acceptors (Lipinski definition) is 3. The van der Waals surface area contributed by atoms with Crippen molar-refractivity contribution >= 4 is 21.9 Å². The number of carbonyl (C=O) groups excluding carboxylic acids is 1. The molecule has 3 nitrogen and oxygen atoms in total. The Morgan fingerprint density at radius 3 is 2.33 bits per heavy atom. The Balaban J connectivity index is 0.000000262. The molecule has 0 aliphatic carbocycles. The maximum absolute atomic E-state index is 10.4. The van der Waals surface area contributed by atoms with Crippen LogP contribution in [0.25, 0.3) is 0 Å². The Kier molecular flexibility index (Phi) is 9.11. The van der Waals surface area contributed by atoms with E-state index in [1.165, 1.54) is 0 Å². The van der Waals surface area contributed by atoms with Crippen LogP contribution in [0, 0.1) is 0 Å². The van der Waals surface area contributed by atoms with Crippen molar-refractivity contribution in [1.82, 2.24) is 5.48 Å². The molecule has 0 fully saturated rings. The molecule has 0 amide bonds. The van der Waals surface area contributed by atoms with Crippen molar-refractivity contribution in [3.8, 4) is 0 Å². The van der Waals surface area contributed by atoms with E-state index in [0.717, 1.165) is 10.9 Å². The molecule has 1 rings (SSSR count). The predicted molar refractivity (Wildman–Crippen MR) is 64.2 cm³/mol. The average Bonchev–Trinajstić information content (AvgIpc) is 2.20. The molecule has 1 aromatic carbocycles. The summed E-state index contributed by atoms with van der Waals surface area (Å²) in [6, 6.07) is 9.97. The van der Waals surface area contributed by atoms with Gasteiger partial charge in [-0.15, -0.1) is 0 Å². The van der Waals surface area contributed by atoms with Gasteiger partial charge in [0.25, 0.3) is 0 Å². The highest BCUT2D eigenvalue weighted by Crippen LogP contribution is 2.05. The van der Waals surface area contributed by atoms with Crippen molar-refractivity contribution in [3.05, 3.63) is 34.8 Å². The van der Waals surface area contributed by atoms with Gasteiger partial charge < -0.3 is 4.84 Å². The van der Waals surface area contributed by atoms with Gasteiger partial charge in [0, 0.05) is 17.9 Å². The van der Waals surface area contributed by atoms with Gasteiger partial charge in [0.15, 0.2) is 0 Å². The highest BCUT2D eigenvalue weighted by Gasteiger charge is 1.95. The van der Waals surface area contributed by atoms with E-state index >= 15 is 0 Å². The molecule has 0 saturated heterocycles. The second kappa shape index (κ2) is 9.68. The molecule has 0 aromatic heterocycles. The molecule has 1 aromatic rings. The summed E-state index contributed by atoms with van der Waals surface area (Å²) in [6.07, 6.45) is 1.32. The lowest BCUT2D eigenvalue weighted by Crippen LogP contribution is -2.14. The highest BCUT2D eigenvalue weighted by molar-refractivity contribution is 9.10. The van der Waals surface area contributed by atoms with Crippen LogP contribution in [0.1, 0.15) is 19.8 Å². The number of hydroxylamine groups is 1. The van der Waals surface area contributed by atoms with E-state index in [1.54, 1.807) is 7.05 Å². The lowest BCUT2D eigenvalue weighted by Gasteiger charge is -1.96. The van der Waals surface area contributed by atoms with Gasteiger partial charge in [0.2, 0.25) is 0 Å². The molecule has 0 bridgehead atoms. The van der Waals surface area contributed by atoms with E-state index in [-0.39, 0.29) is 5.97 Å². The van der Waals surface area contributed by atoms with Crippen LogP contribution < -0.4 is 5.48 Å². The molecule has 0 spiro atoms. The second-order valence-electron chi connectivity index (χ2n) is 2.72. The van der Waals surface area contributed by atoms with Crippen LogP contribution >= 0.6 is 15.9 Å². The fourth-order valence-electron chi connectivity index (χ4n) is 0.784. The first-order valence-electron chi connectivity index (χ1n) is 4.77. The van der Waals surface area contributed by atoms with Gasteiger partial charge in [-0.3, -0.25) is 4.79 Å². The lowest BCUT2D eigenvalue weighted by molar-refractivity contribution is -0.149. The molecule has 0 heterocycles. The Hall–Kier alpha value is -0.870. The summed E-state index contributed by atoms with van der Waals surface area (Å²) in [4.78, 5) is 14.8. The zero-order valence-electron chi connectivity index (χ0n) is 9.00. The first kappa shape index (κ1) is 14.1. The van der Waals surface area contributed by atoms with Crippen molar-refractivity contribution in [2.45, 2.75) is 19.8 Å². The first-order chi connectivity index (χ1) is 7.20. The Bertz CT molecular complexity index is 257. The van der Waals surface area contributed by atoms with E-state index < -0.39 is 0 Å². The normalized spacial score (nSPS) is 8.73. The quantitative estimate of drug-likeness (QED) is 0.861. The van der Waals surface area contributed by atoms with Gasteiger partial charge in [-0.25, -0.2) is 0 Å². The van der Waals surface area contributed by atoms with E-state index in [4.69, 9.17) is 0 Å². The maximum atomic E-state index is 10.4. The number of nitrogens with one attached hydrogen (secondary N) is 1. The number of benzene rings is 1. The minimum absolute atomic E-state index is 0.199. The van der Waals surface area contributed by atoms with E-state index in [1.807, 2.05) is 37.3 Å². The third-order valence-corrected chi connectivity index (χ3v) is 1.93. The predicted octanol–water partition coefficient (Wildman–Crippen LogP) is 2.91. The van der Waals surface area contributed by atoms with Crippen LogP contribution in [-0.2, 0) is 9.63 Å². The van der Waals surface area contributed by atoms with Gasteiger partial charge in [-0.05, 0) is 18.6 Å². The van der Waals surface area contributed by atoms with Crippen LogP contribution in [-0.4, -0.2) is 13.0 Å². The molecule has 0 saturated carbocycles. The summed E-state index contributed by atoms with van der Waals surface area (Å²) < 4.78 is 1.13. The van der Waals surface area contributed by atoms with Crippen molar-refractivity contribution in [1.29, 1.82) is 0 Å². The summed E-state index contributed by atoms with van der Waals surface area (Å²) in [5.74, 6) is -0.199. The molecule has 84 valence electrons. The zero-order valence-corrected chi connectivity index (χ0v) is 10.6. The first-order valence-corrected chi connectivity index (χ1v) is 5.57. The third-order valence-electron chi connectivity index (χ3n) is 1.40. The van der Waals surface area contributed by atoms with Crippen molar-refractivity contribution in [2.75, 3.05) is 7.05 Å². The Morgan fingerprint density at radius 1 is 1.40 bits per heavy atom. The number of halogens is 1. The summed E-state index contributed by atoms with van der Waals surface area (Å²) in [5.41, 5.74) is 2.30. The number of rotatable bonds is 3. The van der Waals surface area contributed by atoms with Gasteiger partial charge in [0.05, 0.1) is 0 Å². The summed E-state index contributed by atoms with van der Waals surface area (Å²) in [5, 5.41) is 0. The molecule has 0 aliphatic rings. The standard InChI is InChI=1S/C6H5Br.C5H11NO2/c7-6-4-2-1-3-5-6;1-3-4-5(7)8-6-2/h1-5H;6H,3-4H2,1-2H3. The topological polar surface area (TPSA) is 38.3 Å². The largest absolute Gasteiger partial charge is 0.371 e. The molecule has 15 heavy (non-hydrogen) atoms. The summed E-state index contributed by atoms with van der Waals surface area (Å²) in [6.45, 7) is 1.93. The van der Waals surface area contributed by atoms with Crippen LogP contribution in [0.15, 0.2) is 34.8 Å². The fraction of sp³-hybridized carbons (Fsp3) is 0.364. The van der Waals surface area contributed by atoms with Gasteiger partial charge in [0.1, 0.15) is 0 Å². The monoisotopic (exact) mass is 273 g/mol. The minimum atomic E-state index is -0.199.